The van der Waals surface area contributed by atoms with E-state index < -0.39 is 0 Å². The molecule has 1 aromatic carbocycles. The molecule has 1 aromatic rings. The van der Waals surface area contributed by atoms with Gasteiger partial charge in [-0.1, -0.05) is 43.0 Å². The second kappa shape index (κ2) is 4.37. The van der Waals surface area contributed by atoms with E-state index in [9.17, 15) is 0 Å². The third-order valence-electron chi connectivity index (χ3n) is 4.43. The van der Waals surface area contributed by atoms with Crippen LogP contribution in [-0.2, 0) is 0 Å². The SMILES string of the molecule is CC1CCCC1C1CNc2c(Cl)cc(Cl)cc21. The number of benzene rings is 1. The fourth-order valence-electron chi connectivity index (χ4n) is 3.55. The van der Waals surface area contributed by atoms with Crippen molar-refractivity contribution in [2.24, 2.45) is 11.8 Å². The van der Waals surface area contributed by atoms with Gasteiger partial charge in [0.2, 0.25) is 0 Å². The highest BCUT2D eigenvalue weighted by Gasteiger charge is 2.36. The van der Waals surface area contributed by atoms with Crippen molar-refractivity contribution in [3.63, 3.8) is 0 Å². The predicted octanol–water partition coefficient (Wildman–Crippen LogP) is 4.94. The van der Waals surface area contributed by atoms with Crippen molar-refractivity contribution in [3.8, 4) is 0 Å². The molecule has 1 N–H and O–H groups in total. The Morgan fingerprint density at radius 2 is 2.06 bits per heavy atom. The van der Waals surface area contributed by atoms with Gasteiger partial charge in [0, 0.05) is 17.5 Å². The lowest BCUT2D eigenvalue weighted by molar-refractivity contribution is 0.361. The van der Waals surface area contributed by atoms with Gasteiger partial charge in [0.05, 0.1) is 10.7 Å². The third-order valence-corrected chi connectivity index (χ3v) is 4.94. The molecule has 1 aliphatic carbocycles. The maximum absolute atomic E-state index is 6.24. The van der Waals surface area contributed by atoms with E-state index in [2.05, 4.69) is 18.3 Å². The van der Waals surface area contributed by atoms with Crippen molar-refractivity contribution in [3.05, 3.63) is 27.7 Å². The quantitative estimate of drug-likeness (QED) is 0.762. The number of fused-ring (bicyclic) bond motifs is 1. The summed E-state index contributed by atoms with van der Waals surface area (Å²) in [4.78, 5) is 0. The summed E-state index contributed by atoms with van der Waals surface area (Å²) in [5.74, 6) is 2.21. The first-order chi connectivity index (χ1) is 8.16. The van der Waals surface area contributed by atoms with Crippen LogP contribution in [0.5, 0.6) is 0 Å². The highest BCUT2D eigenvalue weighted by Crippen LogP contribution is 2.48. The summed E-state index contributed by atoms with van der Waals surface area (Å²) in [5, 5.41) is 4.97. The lowest BCUT2D eigenvalue weighted by Gasteiger charge is -2.23. The van der Waals surface area contributed by atoms with Gasteiger partial charge in [-0.2, -0.15) is 0 Å². The second-order valence-electron chi connectivity index (χ2n) is 5.41. The molecule has 1 aliphatic heterocycles. The van der Waals surface area contributed by atoms with Gasteiger partial charge >= 0.3 is 0 Å². The van der Waals surface area contributed by atoms with Crippen molar-refractivity contribution < 1.29 is 0 Å². The molecule has 1 heterocycles. The second-order valence-corrected chi connectivity index (χ2v) is 6.25. The Bertz CT molecular complexity index is 444. The monoisotopic (exact) mass is 269 g/mol. The molecule has 0 aromatic heterocycles. The maximum atomic E-state index is 6.24. The Labute approximate surface area is 112 Å². The average Bonchev–Trinajstić information content (AvgIpc) is 2.84. The van der Waals surface area contributed by atoms with E-state index in [-0.39, 0.29) is 0 Å². The van der Waals surface area contributed by atoms with Crippen LogP contribution in [0.25, 0.3) is 0 Å². The van der Waals surface area contributed by atoms with Crippen LogP contribution in [0.2, 0.25) is 10.0 Å². The Morgan fingerprint density at radius 3 is 2.76 bits per heavy atom. The van der Waals surface area contributed by atoms with Gasteiger partial charge in [-0.3, -0.25) is 0 Å². The zero-order valence-corrected chi connectivity index (χ0v) is 11.5. The van der Waals surface area contributed by atoms with Crippen LogP contribution >= 0.6 is 23.2 Å². The topological polar surface area (TPSA) is 12.0 Å². The summed E-state index contributed by atoms with van der Waals surface area (Å²) >= 11 is 12.4. The van der Waals surface area contributed by atoms with Gasteiger partial charge in [0.15, 0.2) is 0 Å². The first-order valence-electron chi connectivity index (χ1n) is 6.39. The summed E-state index contributed by atoms with van der Waals surface area (Å²) in [6.07, 6.45) is 4.08. The minimum absolute atomic E-state index is 0.596. The zero-order chi connectivity index (χ0) is 12.0. The standard InChI is InChI=1S/C14H17Cl2N/c1-8-3-2-4-10(8)12-7-17-14-11(12)5-9(15)6-13(14)16/h5-6,8,10,12,17H,2-4,7H2,1H3. The summed E-state index contributed by atoms with van der Waals surface area (Å²) in [7, 11) is 0. The van der Waals surface area contributed by atoms with E-state index in [4.69, 9.17) is 23.2 Å². The lowest BCUT2D eigenvalue weighted by atomic mass is 9.81. The number of rotatable bonds is 1. The van der Waals surface area contributed by atoms with Crippen LogP contribution in [-0.4, -0.2) is 6.54 Å². The van der Waals surface area contributed by atoms with Gasteiger partial charge in [-0.05, 0) is 36.0 Å². The molecule has 0 saturated heterocycles. The molecule has 0 radical (unpaired) electrons. The molecule has 3 unspecified atom stereocenters. The number of hydrogen-bond donors (Lipinski definition) is 1. The van der Waals surface area contributed by atoms with Crippen molar-refractivity contribution in [1.82, 2.24) is 0 Å². The van der Waals surface area contributed by atoms with Gasteiger partial charge in [-0.25, -0.2) is 0 Å². The molecular weight excluding hydrogens is 253 g/mol. The number of nitrogens with one attached hydrogen (secondary N) is 1. The maximum Gasteiger partial charge on any atom is 0.0655 e. The normalized spacial score (nSPS) is 31.4. The molecule has 0 spiro atoms. The van der Waals surface area contributed by atoms with Gasteiger partial charge in [-0.15, -0.1) is 0 Å². The molecular formula is C14H17Cl2N. The predicted molar refractivity (Wildman–Crippen MR) is 74.2 cm³/mol. The van der Waals surface area contributed by atoms with Crippen LogP contribution in [0.4, 0.5) is 5.69 Å². The molecule has 1 nitrogen and oxygen atoms in total. The van der Waals surface area contributed by atoms with Crippen LogP contribution in [0.15, 0.2) is 12.1 Å². The molecule has 3 rings (SSSR count). The molecule has 0 bridgehead atoms. The van der Waals surface area contributed by atoms with Crippen molar-refractivity contribution in [2.75, 3.05) is 11.9 Å². The minimum atomic E-state index is 0.596. The van der Waals surface area contributed by atoms with Crippen molar-refractivity contribution >= 4 is 28.9 Å². The molecule has 17 heavy (non-hydrogen) atoms. The Morgan fingerprint density at radius 1 is 1.24 bits per heavy atom. The lowest BCUT2D eigenvalue weighted by Crippen LogP contribution is -2.17. The smallest absolute Gasteiger partial charge is 0.0655 e. The molecule has 1 fully saturated rings. The number of hydrogen-bond acceptors (Lipinski definition) is 1. The first kappa shape index (κ1) is 11.7. The fourth-order valence-corrected chi connectivity index (χ4v) is 4.12. The van der Waals surface area contributed by atoms with Crippen LogP contribution in [0.3, 0.4) is 0 Å². The van der Waals surface area contributed by atoms with Crippen LogP contribution in [0.1, 0.15) is 37.7 Å². The largest absolute Gasteiger partial charge is 0.383 e. The highest BCUT2D eigenvalue weighted by molar-refractivity contribution is 6.36. The van der Waals surface area contributed by atoms with E-state index in [1.165, 1.54) is 24.8 Å². The number of halogens is 2. The Balaban J connectivity index is 1.98. The summed E-state index contributed by atoms with van der Waals surface area (Å²) in [6.45, 7) is 3.40. The Kier molecular flexibility index (Phi) is 3.00. The number of anilines is 1. The molecule has 3 atom stereocenters. The molecule has 92 valence electrons. The zero-order valence-electron chi connectivity index (χ0n) is 9.97. The summed E-state index contributed by atoms with van der Waals surface area (Å²) in [5.41, 5.74) is 2.45. The summed E-state index contributed by atoms with van der Waals surface area (Å²) < 4.78 is 0. The van der Waals surface area contributed by atoms with E-state index in [0.29, 0.717) is 5.92 Å². The van der Waals surface area contributed by atoms with Crippen molar-refractivity contribution in [2.45, 2.75) is 32.1 Å². The Hall–Kier alpha value is -0.400. The van der Waals surface area contributed by atoms with E-state index in [1.54, 1.807) is 0 Å². The first-order valence-corrected chi connectivity index (χ1v) is 7.15. The van der Waals surface area contributed by atoms with Gasteiger partial charge in [0.1, 0.15) is 0 Å². The summed E-state index contributed by atoms with van der Waals surface area (Å²) in [6, 6.07) is 3.92. The average molecular weight is 270 g/mol. The van der Waals surface area contributed by atoms with Gasteiger partial charge < -0.3 is 5.32 Å². The fraction of sp³-hybridized carbons (Fsp3) is 0.571. The third kappa shape index (κ3) is 1.94. The molecule has 3 heteroatoms. The molecule has 0 amide bonds. The van der Waals surface area contributed by atoms with Gasteiger partial charge in [0.25, 0.3) is 0 Å². The van der Waals surface area contributed by atoms with Crippen LogP contribution in [0, 0.1) is 11.8 Å². The highest BCUT2D eigenvalue weighted by atomic mass is 35.5. The van der Waals surface area contributed by atoms with E-state index in [1.807, 2.05) is 6.07 Å². The minimum Gasteiger partial charge on any atom is -0.383 e. The van der Waals surface area contributed by atoms with Crippen molar-refractivity contribution in [1.29, 1.82) is 0 Å². The molecule has 1 saturated carbocycles. The van der Waals surface area contributed by atoms with E-state index >= 15 is 0 Å². The van der Waals surface area contributed by atoms with Crippen LogP contribution < -0.4 is 5.32 Å². The molecule has 2 aliphatic rings. The van der Waals surface area contributed by atoms with E-state index in [0.717, 1.165) is 34.1 Å².